The highest BCUT2D eigenvalue weighted by Gasteiger charge is 2.27. The molecule has 2 rings (SSSR count). The summed E-state index contributed by atoms with van der Waals surface area (Å²) in [5, 5.41) is 7.51. The maximum atomic E-state index is 11.3. The molecule has 5 nitrogen and oxygen atoms in total. The predicted octanol–water partition coefficient (Wildman–Crippen LogP) is 0.00522. The minimum Gasteiger partial charge on any atom is -0.307 e. The van der Waals surface area contributed by atoms with Crippen molar-refractivity contribution in [2.45, 2.75) is 25.9 Å². The lowest BCUT2D eigenvalue weighted by molar-refractivity contribution is 0.533. The number of rotatable bonds is 3. The lowest BCUT2D eigenvalue weighted by Crippen LogP contribution is -2.30. The second-order valence-corrected chi connectivity index (χ2v) is 6.61. The van der Waals surface area contributed by atoms with Crippen molar-refractivity contribution < 1.29 is 8.42 Å². The first-order valence-corrected chi connectivity index (χ1v) is 7.22. The highest BCUT2D eigenvalue weighted by molar-refractivity contribution is 7.91. The number of hydrogen-bond donors (Lipinski definition) is 1. The van der Waals surface area contributed by atoms with Gasteiger partial charge in [0.25, 0.3) is 0 Å². The van der Waals surface area contributed by atoms with Crippen LogP contribution in [-0.2, 0) is 23.4 Å². The van der Waals surface area contributed by atoms with E-state index in [0.29, 0.717) is 12.3 Å². The van der Waals surface area contributed by atoms with E-state index < -0.39 is 9.84 Å². The number of aromatic nitrogens is 2. The third kappa shape index (κ3) is 2.62. The summed E-state index contributed by atoms with van der Waals surface area (Å²) >= 11 is 0. The van der Waals surface area contributed by atoms with Gasteiger partial charge in [-0.05, 0) is 19.4 Å². The number of aryl methyl sites for hydroxylation is 2. The summed E-state index contributed by atoms with van der Waals surface area (Å²) in [7, 11) is -0.891. The highest BCUT2D eigenvalue weighted by Crippen LogP contribution is 2.12. The van der Waals surface area contributed by atoms with Gasteiger partial charge in [0.1, 0.15) is 0 Å². The molecule has 1 atom stereocenters. The molecule has 1 aromatic heterocycles. The fraction of sp³-hybridized carbons (Fsp3) is 0.700. The van der Waals surface area contributed by atoms with Crippen molar-refractivity contribution in [3.05, 3.63) is 17.5 Å². The van der Waals surface area contributed by atoms with Crippen molar-refractivity contribution >= 4 is 9.84 Å². The standard InChI is InChI=1S/C10H17N3O2S/c1-8-5-10(13(2)12-8)6-11-9-3-4-16(14,15)7-9/h5,9,11H,3-4,6-7H2,1-2H3. The summed E-state index contributed by atoms with van der Waals surface area (Å²) in [6, 6.07) is 2.11. The summed E-state index contributed by atoms with van der Waals surface area (Å²) in [4.78, 5) is 0. The van der Waals surface area contributed by atoms with E-state index in [2.05, 4.69) is 10.4 Å². The molecule has 0 bridgehead atoms. The topological polar surface area (TPSA) is 64.0 Å². The van der Waals surface area contributed by atoms with Gasteiger partial charge in [-0.2, -0.15) is 5.10 Å². The highest BCUT2D eigenvalue weighted by atomic mass is 32.2. The molecule has 0 spiro atoms. The molecule has 90 valence electrons. The van der Waals surface area contributed by atoms with Gasteiger partial charge in [-0.3, -0.25) is 4.68 Å². The van der Waals surface area contributed by atoms with E-state index >= 15 is 0 Å². The van der Waals surface area contributed by atoms with Crippen molar-refractivity contribution in [1.29, 1.82) is 0 Å². The van der Waals surface area contributed by atoms with E-state index in [4.69, 9.17) is 0 Å². The monoisotopic (exact) mass is 243 g/mol. The lowest BCUT2D eigenvalue weighted by Gasteiger charge is -2.10. The zero-order valence-corrected chi connectivity index (χ0v) is 10.4. The summed E-state index contributed by atoms with van der Waals surface area (Å²) in [5.74, 6) is 0.582. The molecule has 1 aromatic rings. The van der Waals surface area contributed by atoms with Gasteiger partial charge in [-0.1, -0.05) is 0 Å². The van der Waals surface area contributed by atoms with E-state index in [0.717, 1.165) is 17.8 Å². The van der Waals surface area contributed by atoms with Crippen LogP contribution < -0.4 is 5.32 Å². The molecule has 2 heterocycles. The summed E-state index contributed by atoms with van der Waals surface area (Å²) < 4.78 is 24.4. The first kappa shape index (κ1) is 11.6. The minimum absolute atomic E-state index is 0.0974. The fourth-order valence-electron chi connectivity index (χ4n) is 2.03. The zero-order valence-electron chi connectivity index (χ0n) is 9.60. The van der Waals surface area contributed by atoms with Gasteiger partial charge in [0.05, 0.1) is 22.9 Å². The summed E-state index contributed by atoms with van der Waals surface area (Å²) in [6.45, 7) is 2.63. The smallest absolute Gasteiger partial charge is 0.151 e. The molecule has 0 amide bonds. The Balaban J connectivity index is 1.91. The van der Waals surface area contributed by atoms with Gasteiger partial charge >= 0.3 is 0 Å². The van der Waals surface area contributed by atoms with E-state index in [1.54, 1.807) is 0 Å². The molecule has 1 aliphatic rings. The maximum absolute atomic E-state index is 11.3. The van der Waals surface area contributed by atoms with Crippen molar-refractivity contribution in [3.63, 3.8) is 0 Å². The Morgan fingerprint density at radius 1 is 1.62 bits per heavy atom. The largest absolute Gasteiger partial charge is 0.307 e. The van der Waals surface area contributed by atoms with Crippen LogP contribution in [0.25, 0.3) is 0 Å². The Labute approximate surface area is 95.8 Å². The Bertz CT molecular complexity index is 478. The van der Waals surface area contributed by atoms with E-state index in [-0.39, 0.29) is 11.8 Å². The average molecular weight is 243 g/mol. The van der Waals surface area contributed by atoms with Gasteiger partial charge < -0.3 is 5.32 Å². The molecule has 16 heavy (non-hydrogen) atoms. The third-order valence-corrected chi connectivity index (χ3v) is 4.67. The van der Waals surface area contributed by atoms with Gasteiger partial charge in [0, 0.05) is 19.6 Å². The first-order valence-electron chi connectivity index (χ1n) is 5.39. The quantitative estimate of drug-likeness (QED) is 0.812. The van der Waals surface area contributed by atoms with E-state index in [9.17, 15) is 8.42 Å². The molecule has 1 fully saturated rings. The zero-order chi connectivity index (χ0) is 11.8. The van der Waals surface area contributed by atoms with E-state index in [1.165, 1.54) is 0 Å². The average Bonchev–Trinajstić information content (AvgIpc) is 2.66. The number of sulfone groups is 1. The van der Waals surface area contributed by atoms with Gasteiger partial charge in [-0.15, -0.1) is 0 Å². The Hall–Kier alpha value is -0.880. The molecular formula is C10H17N3O2S. The predicted molar refractivity (Wildman–Crippen MR) is 61.8 cm³/mol. The molecular weight excluding hydrogens is 226 g/mol. The molecule has 0 aromatic carbocycles. The van der Waals surface area contributed by atoms with Crippen molar-refractivity contribution in [2.75, 3.05) is 11.5 Å². The molecule has 0 saturated carbocycles. The van der Waals surface area contributed by atoms with Crippen molar-refractivity contribution in [1.82, 2.24) is 15.1 Å². The van der Waals surface area contributed by atoms with Crippen molar-refractivity contribution in [2.24, 2.45) is 7.05 Å². The molecule has 1 N–H and O–H groups in total. The van der Waals surface area contributed by atoms with Crippen LogP contribution in [0.2, 0.25) is 0 Å². The van der Waals surface area contributed by atoms with Crippen LogP contribution in [0.15, 0.2) is 6.07 Å². The Kier molecular flexibility index (Phi) is 3.03. The normalized spacial score (nSPS) is 23.8. The van der Waals surface area contributed by atoms with Gasteiger partial charge in [0.15, 0.2) is 9.84 Å². The van der Waals surface area contributed by atoms with Crippen LogP contribution in [0.1, 0.15) is 17.8 Å². The van der Waals surface area contributed by atoms with E-state index in [1.807, 2.05) is 24.7 Å². The SMILES string of the molecule is Cc1cc(CNC2CCS(=O)(=O)C2)n(C)n1. The molecule has 0 radical (unpaired) electrons. The molecule has 0 aliphatic carbocycles. The molecule has 1 aliphatic heterocycles. The van der Waals surface area contributed by atoms with Gasteiger partial charge in [-0.25, -0.2) is 8.42 Å². The number of hydrogen-bond acceptors (Lipinski definition) is 4. The first-order chi connectivity index (χ1) is 7.46. The lowest BCUT2D eigenvalue weighted by atomic mass is 10.2. The number of nitrogens with one attached hydrogen (secondary N) is 1. The third-order valence-electron chi connectivity index (χ3n) is 2.90. The maximum Gasteiger partial charge on any atom is 0.151 e. The van der Waals surface area contributed by atoms with Crippen LogP contribution in [0.3, 0.4) is 0 Å². The van der Waals surface area contributed by atoms with Crippen molar-refractivity contribution in [3.8, 4) is 0 Å². The fourth-order valence-corrected chi connectivity index (χ4v) is 3.74. The van der Waals surface area contributed by atoms with Crippen LogP contribution in [0, 0.1) is 6.92 Å². The summed E-state index contributed by atoms with van der Waals surface area (Å²) in [6.07, 6.45) is 0.721. The van der Waals surface area contributed by atoms with Gasteiger partial charge in [0.2, 0.25) is 0 Å². The second kappa shape index (κ2) is 4.18. The van der Waals surface area contributed by atoms with Crippen LogP contribution >= 0.6 is 0 Å². The second-order valence-electron chi connectivity index (χ2n) is 4.38. The summed E-state index contributed by atoms with van der Waals surface area (Å²) in [5.41, 5.74) is 2.07. The van der Waals surface area contributed by atoms with Crippen LogP contribution in [0.5, 0.6) is 0 Å². The van der Waals surface area contributed by atoms with Crippen LogP contribution in [-0.4, -0.2) is 35.7 Å². The minimum atomic E-state index is -2.79. The molecule has 1 saturated heterocycles. The Morgan fingerprint density at radius 3 is 2.88 bits per heavy atom. The van der Waals surface area contributed by atoms with Crippen LogP contribution in [0.4, 0.5) is 0 Å². The molecule has 6 heteroatoms. The Morgan fingerprint density at radius 2 is 2.38 bits per heavy atom. The number of nitrogens with zero attached hydrogens (tertiary/aromatic N) is 2. The molecule has 1 unspecified atom stereocenters.